The first-order chi connectivity index (χ1) is 6.20. The molecule has 0 amide bonds. The number of nitrogens with zero attached hydrogens (tertiary/aromatic N) is 3. The lowest BCUT2D eigenvalue weighted by Crippen LogP contribution is -2.18. The van der Waals surface area contributed by atoms with Gasteiger partial charge in [0.2, 0.25) is 0 Å². The predicted molar refractivity (Wildman–Crippen MR) is 45.0 cm³/mol. The van der Waals surface area contributed by atoms with E-state index in [0.717, 1.165) is 0 Å². The second-order valence-electron chi connectivity index (χ2n) is 2.62. The molecule has 0 aliphatic rings. The van der Waals surface area contributed by atoms with Crippen molar-refractivity contribution in [3.8, 4) is 0 Å². The van der Waals surface area contributed by atoms with Gasteiger partial charge in [-0.15, -0.1) is 4.79 Å². The summed E-state index contributed by atoms with van der Waals surface area (Å²) in [6.07, 6.45) is 1.51. The monoisotopic (exact) mass is 179 g/mol. The maximum atomic E-state index is 13.0. The van der Waals surface area contributed by atoms with E-state index in [1.54, 1.807) is 6.07 Å². The first-order valence-corrected chi connectivity index (χ1v) is 3.70. The van der Waals surface area contributed by atoms with Gasteiger partial charge < -0.3 is 0 Å². The Bertz CT molecular complexity index is 520. The summed E-state index contributed by atoms with van der Waals surface area (Å²) < 4.78 is 13.0. The fraction of sp³-hybridized carbons (Fsp3) is 0.125. The van der Waals surface area contributed by atoms with Crippen LogP contribution in [0.25, 0.3) is 11.0 Å². The van der Waals surface area contributed by atoms with Crippen LogP contribution in [-0.4, -0.2) is 14.8 Å². The molecule has 0 radical (unpaired) electrons. The Kier molecular flexibility index (Phi) is 1.58. The number of aryl methyl sites for hydroxylation is 1. The van der Waals surface area contributed by atoms with Gasteiger partial charge in [-0.05, 0) is 19.1 Å². The van der Waals surface area contributed by atoms with Gasteiger partial charge in [0.25, 0.3) is 5.56 Å². The van der Waals surface area contributed by atoms with E-state index in [0.29, 0.717) is 0 Å². The predicted octanol–water partition coefficient (Wildman–Crippen LogP) is 0.833. The Hall–Kier alpha value is -1.78. The summed E-state index contributed by atoms with van der Waals surface area (Å²) >= 11 is 0. The lowest BCUT2D eigenvalue weighted by molar-refractivity contribution is 0.337. The van der Waals surface area contributed by atoms with Crippen molar-refractivity contribution in [3.05, 3.63) is 34.5 Å². The molecule has 0 saturated heterocycles. The third-order valence-electron chi connectivity index (χ3n) is 1.75. The molecule has 2 aromatic rings. The van der Waals surface area contributed by atoms with Crippen LogP contribution < -0.4 is 5.56 Å². The van der Waals surface area contributed by atoms with Crippen LogP contribution in [0.2, 0.25) is 0 Å². The van der Waals surface area contributed by atoms with Crippen molar-refractivity contribution in [2.24, 2.45) is 0 Å². The average Bonchev–Trinajstić information content (AvgIpc) is 2.15. The first kappa shape index (κ1) is 7.85. The van der Waals surface area contributed by atoms with E-state index in [1.165, 1.54) is 19.2 Å². The second kappa shape index (κ2) is 2.62. The minimum absolute atomic E-state index is 0.0104. The molecule has 2 aromatic heterocycles. The molecule has 0 unspecified atom stereocenters. The second-order valence-corrected chi connectivity index (χ2v) is 2.62. The normalized spacial score (nSPS) is 10.6. The van der Waals surface area contributed by atoms with Crippen LogP contribution in [0.15, 0.2) is 23.1 Å². The molecular weight excluding hydrogens is 173 g/mol. The highest BCUT2D eigenvalue weighted by atomic mass is 19.2. The Labute approximate surface area is 72.6 Å². The zero-order chi connectivity index (χ0) is 9.42. The Morgan fingerprint density at radius 3 is 3.08 bits per heavy atom. The van der Waals surface area contributed by atoms with E-state index in [4.69, 9.17) is 0 Å². The molecule has 0 aliphatic carbocycles. The Morgan fingerprint density at radius 1 is 1.54 bits per heavy atom. The topological polar surface area (TPSA) is 47.8 Å². The number of fused-ring (bicyclic) bond motifs is 1. The number of hydrogen-bond donors (Lipinski definition) is 0. The van der Waals surface area contributed by atoms with Gasteiger partial charge in [0.1, 0.15) is 5.82 Å². The van der Waals surface area contributed by atoms with Gasteiger partial charge in [-0.25, -0.2) is 9.97 Å². The molecule has 2 rings (SSSR count). The fourth-order valence-corrected chi connectivity index (χ4v) is 1.10. The van der Waals surface area contributed by atoms with Gasteiger partial charge in [-0.2, -0.15) is 0 Å². The fourth-order valence-electron chi connectivity index (χ4n) is 1.10. The summed E-state index contributed by atoms with van der Waals surface area (Å²) in [4.78, 5) is 18.9. The third kappa shape index (κ3) is 1.09. The van der Waals surface area contributed by atoms with Crippen LogP contribution in [-0.2, 0) is 0 Å². The number of halogens is 1. The molecule has 0 atom stereocenters. The van der Waals surface area contributed by atoms with Gasteiger partial charge >= 0.3 is 0 Å². The van der Waals surface area contributed by atoms with E-state index in [9.17, 15) is 9.28 Å². The molecule has 0 N–H and O–H groups in total. The van der Waals surface area contributed by atoms with Crippen molar-refractivity contribution < 1.29 is 4.48 Å². The highest BCUT2D eigenvalue weighted by Gasteiger charge is 2.06. The number of rotatable bonds is 0. The lowest BCUT2D eigenvalue weighted by atomic mass is 10.3. The molecule has 0 saturated carbocycles. The van der Waals surface area contributed by atoms with E-state index < -0.39 is 5.56 Å². The average molecular weight is 179 g/mol. The van der Waals surface area contributed by atoms with Gasteiger partial charge in [0.15, 0.2) is 5.65 Å². The van der Waals surface area contributed by atoms with E-state index in [2.05, 4.69) is 9.97 Å². The minimum Gasteiger partial charge on any atom is -0.266 e. The molecule has 0 fully saturated rings. The van der Waals surface area contributed by atoms with Gasteiger partial charge in [-0.3, -0.25) is 4.79 Å². The Morgan fingerprint density at radius 2 is 2.31 bits per heavy atom. The molecular formula is C8H6FN3O. The molecule has 4 nitrogen and oxygen atoms in total. The highest BCUT2D eigenvalue weighted by molar-refractivity contribution is 5.72. The minimum atomic E-state index is -0.712. The van der Waals surface area contributed by atoms with Crippen LogP contribution in [0.5, 0.6) is 0 Å². The summed E-state index contributed by atoms with van der Waals surface area (Å²) in [6, 6.07) is 3.06. The first-order valence-electron chi connectivity index (χ1n) is 3.70. The van der Waals surface area contributed by atoms with Crippen LogP contribution in [0.4, 0.5) is 4.48 Å². The van der Waals surface area contributed by atoms with Crippen molar-refractivity contribution in [2.75, 3.05) is 0 Å². The third-order valence-corrected chi connectivity index (χ3v) is 1.75. The molecule has 66 valence electrons. The molecule has 5 heteroatoms. The number of pyridine rings is 1. The van der Waals surface area contributed by atoms with Gasteiger partial charge in [-0.1, -0.05) is 4.48 Å². The van der Waals surface area contributed by atoms with Gasteiger partial charge in [0.05, 0.1) is 5.39 Å². The number of aromatic nitrogens is 3. The highest BCUT2D eigenvalue weighted by Crippen LogP contribution is 2.03. The van der Waals surface area contributed by atoms with Crippen LogP contribution >= 0.6 is 0 Å². The lowest BCUT2D eigenvalue weighted by Gasteiger charge is -1.99. The summed E-state index contributed by atoms with van der Waals surface area (Å²) in [7, 11) is 0. The number of hydrogen-bond acceptors (Lipinski definition) is 3. The Balaban J connectivity index is 3.03. The quantitative estimate of drug-likeness (QED) is 0.601. The molecule has 13 heavy (non-hydrogen) atoms. The summed E-state index contributed by atoms with van der Waals surface area (Å²) in [5.41, 5.74) is -0.436. The van der Waals surface area contributed by atoms with Crippen molar-refractivity contribution in [1.29, 1.82) is 0 Å². The summed E-state index contributed by atoms with van der Waals surface area (Å²) in [5.74, 6) is 0.0104. The molecule has 0 spiro atoms. The summed E-state index contributed by atoms with van der Waals surface area (Å²) in [5, 5.41) is 0.190. The summed E-state index contributed by atoms with van der Waals surface area (Å²) in [6.45, 7) is 1.41. The standard InChI is InChI=1S/C8H6FN3O/c1-5-11-7-6(3-2-4-10-7)8(13)12(5)9/h2-4H,1H3. The van der Waals surface area contributed by atoms with Gasteiger partial charge in [0, 0.05) is 6.20 Å². The molecule has 2 heterocycles. The molecule has 0 aromatic carbocycles. The zero-order valence-corrected chi connectivity index (χ0v) is 6.86. The SMILES string of the molecule is Cc1nc2ncccc2c(=O)n1F. The maximum absolute atomic E-state index is 13.0. The van der Waals surface area contributed by atoms with Crippen molar-refractivity contribution in [1.82, 2.24) is 14.8 Å². The maximum Gasteiger partial charge on any atom is 0.291 e. The van der Waals surface area contributed by atoms with Crippen molar-refractivity contribution in [2.45, 2.75) is 6.92 Å². The smallest absolute Gasteiger partial charge is 0.266 e. The van der Waals surface area contributed by atoms with Crippen molar-refractivity contribution in [3.63, 3.8) is 0 Å². The van der Waals surface area contributed by atoms with Crippen molar-refractivity contribution >= 4 is 11.0 Å². The largest absolute Gasteiger partial charge is 0.291 e. The van der Waals surface area contributed by atoms with E-state index in [-0.39, 0.29) is 21.6 Å². The van der Waals surface area contributed by atoms with Crippen LogP contribution in [0.1, 0.15) is 5.82 Å². The van der Waals surface area contributed by atoms with Crippen LogP contribution in [0.3, 0.4) is 0 Å². The zero-order valence-electron chi connectivity index (χ0n) is 6.86. The van der Waals surface area contributed by atoms with E-state index >= 15 is 0 Å². The van der Waals surface area contributed by atoms with Crippen LogP contribution in [0, 0.1) is 6.92 Å². The molecule has 0 aliphatic heterocycles. The van der Waals surface area contributed by atoms with E-state index in [1.807, 2.05) is 0 Å². The molecule has 0 bridgehead atoms.